The van der Waals surface area contributed by atoms with Crippen molar-refractivity contribution >= 4 is 0 Å². The molecular formula is C9H20O4. The lowest BCUT2D eigenvalue weighted by Crippen LogP contribution is -2.12. The molecule has 0 radical (unpaired) electrons. The molecule has 0 spiro atoms. The van der Waals surface area contributed by atoms with E-state index in [9.17, 15) is 0 Å². The molecule has 0 rings (SSSR count). The van der Waals surface area contributed by atoms with Crippen molar-refractivity contribution in [2.45, 2.75) is 44.3 Å². The van der Waals surface area contributed by atoms with Gasteiger partial charge < -0.3 is 20.4 Å². The number of hydrogen-bond acceptors (Lipinski definition) is 4. The average Bonchev–Trinajstić information content (AvgIpc) is 2.16. The molecule has 2 atom stereocenters. The topological polar surface area (TPSA) is 80.9 Å². The highest BCUT2D eigenvalue weighted by Gasteiger charge is 2.03. The van der Waals surface area contributed by atoms with Crippen LogP contribution in [0.3, 0.4) is 0 Å². The van der Waals surface area contributed by atoms with Crippen LogP contribution in [0.2, 0.25) is 0 Å². The number of aliphatic hydroxyl groups is 4. The first-order valence-corrected chi connectivity index (χ1v) is 4.78. The Balaban J connectivity index is 3.08. The van der Waals surface area contributed by atoms with Gasteiger partial charge in [-0.1, -0.05) is 19.3 Å². The van der Waals surface area contributed by atoms with Gasteiger partial charge in [-0.2, -0.15) is 0 Å². The number of rotatable bonds is 8. The minimum absolute atomic E-state index is 0.181. The fourth-order valence-electron chi connectivity index (χ4n) is 1.12. The summed E-state index contributed by atoms with van der Waals surface area (Å²) in [5, 5.41) is 34.9. The Morgan fingerprint density at radius 3 is 1.38 bits per heavy atom. The molecule has 13 heavy (non-hydrogen) atoms. The Bertz CT molecular complexity index is 95.8. The van der Waals surface area contributed by atoms with Crippen molar-refractivity contribution in [1.82, 2.24) is 0 Å². The van der Waals surface area contributed by atoms with Crippen LogP contribution < -0.4 is 0 Å². The normalized spacial score (nSPS) is 15.7. The zero-order valence-corrected chi connectivity index (χ0v) is 7.89. The number of hydrogen-bond donors (Lipinski definition) is 4. The van der Waals surface area contributed by atoms with Gasteiger partial charge in [-0.05, 0) is 12.8 Å². The van der Waals surface area contributed by atoms with Crippen LogP contribution in [0.4, 0.5) is 0 Å². The van der Waals surface area contributed by atoms with E-state index in [1.807, 2.05) is 0 Å². The molecule has 80 valence electrons. The third kappa shape index (κ3) is 8.18. The Morgan fingerprint density at radius 2 is 1.08 bits per heavy atom. The van der Waals surface area contributed by atoms with E-state index in [-0.39, 0.29) is 13.2 Å². The van der Waals surface area contributed by atoms with Gasteiger partial charge in [0.1, 0.15) is 0 Å². The maximum Gasteiger partial charge on any atom is 0.0770 e. The maximum atomic E-state index is 8.97. The molecule has 4 nitrogen and oxygen atoms in total. The SMILES string of the molecule is OC[C@@H](O)CCCCC[C@H](O)CO. The molecule has 0 aromatic heterocycles. The van der Waals surface area contributed by atoms with Gasteiger partial charge in [-0.25, -0.2) is 0 Å². The molecule has 0 unspecified atom stereocenters. The van der Waals surface area contributed by atoms with Gasteiger partial charge in [-0.3, -0.25) is 0 Å². The van der Waals surface area contributed by atoms with Gasteiger partial charge >= 0.3 is 0 Å². The summed E-state index contributed by atoms with van der Waals surface area (Å²) in [6.45, 7) is -0.363. The van der Waals surface area contributed by atoms with Gasteiger partial charge in [-0.15, -0.1) is 0 Å². The van der Waals surface area contributed by atoms with Crippen LogP contribution in [-0.4, -0.2) is 45.8 Å². The smallest absolute Gasteiger partial charge is 0.0770 e. The monoisotopic (exact) mass is 192 g/mol. The first kappa shape index (κ1) is 12.8. The molecule has 0 fully saturated rings. The van der Waals surface area contributed by atoms with E-state index in [0.717, 1.165) is 19.3 Å². The first-order valence-electron chi connectivity index (χ1n) is 4.78. The second-order valence-electron chi connectivity index (χ2n) is 3.31. The van der Waals surface area contributed by atoms with Gasteiger partial charge in [0.25, 0.3) is 0 Å². The van der Waals surface area contributed by atoms with Gasteiger partial charge in [0.05, 0.1) is 25.4 Å². The van der Waals surface area contributed by atoms with Crippen molar-refractivity contribution in [3.8, 4) is 0 Å². The predicted octanol–water partition coefficient (Wildman–Crippen LogP) is -0.357. The number of unbranched alkanes of at least 4 members (excludes halogenated alkanes) is 2. The molecule has 0 saturated heterocycles. The van der Waals surface area contributed by atoms with E-state index in [4.69, 9.17) is 20.4 Å². The summed E-state index contributed by atoms with van der Waals surface area (Å²) in [5.74, 6) is 0. The first-order chi connectivity index (χ1) is 6.20. The zero-order chi connectivity index (χ0) is 10.1. The highest BCUT2D eigenvalue weighted by Crippen LogP contribution is 2.07. The Morgan fingerprint density at radius 1 is 0.692 bits per heavy atom. The molecular weight excluding hydrogens is 172 g/mol. The van der Waals surface area contributed by atoms with Crippen molar-refractivity contribution in [3.63, 3.8) is 0 Å². The van der Waals surface area contributed by atoms with E-state index in [1.54, 1.807) is 0 Å². The predicted molar refractivity (Wildman–Crippen MR) is 49.3 cm³/mol. The van der Waals surface area contributed by atoms with Crippen LogP contribution in [-0.2, 0) is 0 Å². The van der Waals surface area contributed by atoms with Crippen molar-refractivity contribution in [2.24, 2.45) is 0 Å². The van der Waals surface area contributed by atoms with E-state index in [2.05, 4.69) is 0 Å². The van der Waals surface area contributed by atoms with Crippen molar-refractivity contribution in [3.05, 3.63) is 0 Å². The average molecular weight is 192 g/mol. The molecule has 0 aliphatic heterocycles. The summed E-state index contributed by atoms with van der Waals surface area (Å²) in [7, 11) is 0. The summed E-state index contributed by atoms with van der Waals surface area (Å²) in [6.07, 6.45) is 2.59. The second-order valence-corrected chi connectivity index (χ2v) is 3.31. The van der Waals surface area contributed by atoms with Gasteiger partial charge in [0.15, 0.2) is 0 Å². The van der Waals surface area contributed by atoms with Crippen LogP contribution >= 0.6 is 0 Å². The third-order valence-corrected chi connectivity index (χ3v) is 2.00. The molecule has 0 heterocycles. The highest BCUT2D eigenvalue weighted by molar-refractivity contribution is 4.56. The lowest BCUT2D eigenvalue weighted by atomic mass is 10.1. The molecule has 0 aromatic rings. The molecule has 0 aromatic carbocycles. The van der Waals surface area contributed by atoms with Crippen molar-refractivity contribution in [1.29, 1.82) is 0 Å². The van der Waals surface area contributed by atoms with Crippen molar-refractivity contribution < 1.29 is 20.4 Å². The van der Waals surface area contributed by atoms with Crippen LogP contribution in [0.25, 0.3) is 0 Å². The van der Waals surface area contributed by atoms with Crippen LogP contribution in [0.15, 0.2) is 0 Å². The lowest BCUT2D eigenvalue weighted by molar-refractivity contribution is 0.0801. The third-order valence-electron chi connectivity index (χ3n) is 2.00. The van der Waals surface area contributed by atoms with Crippen LogP contribution in [0.5, 0.6) is 0 Å². The summed E-state index contributed by atoms with van der Waals surface area (Å²) >= 11 is 0. The lowest BCUT2D eigenvalue weighted by Gasteiger charge is -2.08. The van der Waals surface area contributed by atoms with Gasteiger partial charge in [0.2, 0.25) is 0 Å². The Labute approximate surface area is 78.8 Å². The largest absolute Gasteiger partial charge is 0.394 e. The Kier molecular flexibility index (Phi) is 8.33. The molecule has 0 saturated carbocycles. The quantitative estimate of drug-likeness (QED) is 0.396. The summed E-state index contributed by atoms with van der Waals surface area (Å²) in [5.41, 5.74) is 0. The zero-order valence-electron chi connectivity index (χ0n) is 7.89. The highest BCUT2D eigenvalue weighted by atomic mass is 16.3. The van der Waals surface area contributed by atoms with Crippen LogP contribution in [0.1, 0.15) is 32.1 Å². The van der Waals surface area contributed by atoms with Crippen LogP contribution in [0, 0.1) is 0 Å². The van der Waals surface area contributed by atoms with Crippen molar-refractivity contribution in [2.75, 3.05) is 13.2 Å². The van der Waals surface area contributed by atoms with E-state index < -0.39 is 12.2 Å². The van der Waals surface area contributed by atoms with Gasteiger partial charge in [0, 0.05) is 0 Å². The summed E-state index contributed by atoms with van der Waals surface area (Å²) < 4.78 is 0. The minimum atomic E-state index is -0.609. The molecule has 0 amide bonds. The molecule has 0 bridgehead atoms. The molecule has 0 aliphatic carbocycles. The standard InChI is InChI=1S/C9H20O4/c10-6-8(12)4-2-1-3-5-9(13)7-11/h8-13H,1-7H2/t8-,9-/m0/s1. The summed E-state index contributed by atoms with van der Waals surface area (Å²) in [4.78, 5) is 0. The summed E-state index contributed by atoms with van der Waals surface area (Å²) in [6, 6.07) is 0. The molecule has 4 N–H and O–H groups in total. The second kappa shape index (κ2) is 8.44. The Hall–Kier alpha value is -0.160. The molecule has 0 aliphatic rings. The van der Waals surface area contributed by atoms with E-state index >= 15 is 0 Å². The minimum Gasteiger partial charge on any atom is -0.394 e. The fraction of sp³-hybridized carbons (Fsp3) is 1.00. The fourth-order valence-corrected chi connectivity index (χ4v) is 1.12. The molecule has 4 heteroatoms. The van der Waals surface area contributed by atoms with E-state index in [0.29, 0.717) is 12.8 Å². The van der Waals surface area contributed by atoms with E-state index in [1.165, 1.54) is 0 Å². The number of aliphatic hydroxyl groups excluding tert-OH is 4. The maximum absolute atomic E-state index is 8.97.